The molecule has 21 heavy (non-hydrogen) atoms. The summed E-state index contributed by atoms with van der Waals surface area (Å²) >= 11 is 0. The van der Waals surface area contributed by atoms with E-state index in [0.717, 1.165) is 19.4 Å². The zero-order valence-electron chi connectivity index (χ0n) is 12.9. The summed E-state index contributed by atoms with van der Waals surface area (Å²) in [6.07, 6.45) is 1.58. The van der Waals surface area contributed by atoms with Crippen LogP contribution < -0.4 is 4.72 Å². The van der Waals surface area contributed by atoms with Crippen molar-refractivity contribution in [2.75, 3.05) is 14.2 Å². The summed E-state index contributed by atoms with van der Waals surface area (Å²) in [5, 5.41) is 4.33. The van der Waals surface area contributed by atoms with Gasteiger partial charge in [-0.1, -0.05) is 0 Å². The molecule has 9 heteroatoms. The normalized spacial score (nSPS) is 19.2. The van der Waals surface area contributed by atoms with E-state index in [-0.39, 0.29) is 12.1 Å². The third-order valence-corrected chi connectivity index (χ3v) is 5.35. The Labute approximate surface area is 125 Å². The van der Waals surface area contributed by atoms with Crippen LogP contribution >= 0.6 is 0 Å². The maximum absolute atomic E-state index is 12.3. The Hall–Kier alpha value is -1.03. The Morgan fingerprint density at radius 1 is 1.52 bits per heavy atom. The molecule has 0 spiro atoms. The zero-order valence-corrected chi connectivity index (χ0v) is 13.7. The SMILES string of the molecule is COCc1nc2n(n1)CCC[C@H]2NS(=O)(=O)N(C)C(C)C. The van der Waals surface area contributed by atoms with Crippen molar-refractivity contribution in [1.82, 2.24) is 23.8 Å². The molecule has 0 bridgehead atoms. The fraction of sp³-hybridized carbons (Fsp3) is 0.833. The lowest BCUT2D eigenvalue weighted by Gasteiger charge is -2.27. The second-order valence-electron chi connectivity index (χ2n) is 5.47. The fourth-order valence-electron chi connectivity index (χ4n) is 2.24. The van der Waals surface area contributed by atoms with Crippen LogP contribution in [0.3, 0.4) is 0 Å². The molecule has 1 aliphatic heterocycles. The van der Waals surface area contributed by atoms with Gasteiger partial charge in [-0.05, 0) is 26.7 Å². The zero-order chi connectivity index (χ0) is 15.6. The van der Waals surface area contributed by atoms with E-state index < -0.39 is 10.2 Å². The Bertz CT molecular complexity index is 584. The highest BCUT2D eigenvalue weighted by Crippen LogP contribution is 2.24. The summed E-state index contributed by atoms with van der Waals surface area (Å²) in [5.41, 5.74) is 0. The summed E-state index contributed by atoms with van der Waals surface area (Å²) in [6.45, 7) is 4.74. The van der Waals surface area contributed by atoms with Crippen molar-refractivity contribution in [3.63, 3.8) is 0 Å². The highest BCUT2D eigenvalue weighted by molar-refractivity contribution is 7.87. The number of nitrogens with one attached hydrogen (secondary N) is 1. The van der Waals surface area contributed by atoms with Crippen LogP contribution in [0.25, 0.3) is 0 Å². The minimum Gasteiger partial charge on any atom is -0.377 e. The summed E-state index contributed by atoms with van der Waals surface area (Å²) in [6, 6.07) is -0.448. The lowest BCUT2D eigenvalue weighted by molar-refractivity contribution is 0.177. The second-order valence-corrected chi connectivity index (χ2v) is 7.23. The van der Waals surface area contributed by atoms with Gasteiger partial charge in [0, 0.05) is 26.7 Å². The first kappa shape index (κ1) is 16.3. The molecule has 0 saturated carbocycles. The van der Waals surface area contributed by atoms with Gasteiger partial charge in [0.2, 0.25) is 0 Å². The molecule has 1 aliphatic rings. The third kappa shape index (κ3) is 3.60. The number of aromatic nitrogens is 3. The smallest absolute Gasteiger partial charge is 0.280 e. The first-order valence-corrected chi connectivity index (χ1v) is 8.47. The highest BCUT2D eigenvalue weighted by atomic mass is 32.2. The van der Waals surface area contributed by atoms with Crippen molar-refractivity contribution in [2.24, 2.45) is 0 Å². The average molecular weight is 317 g/mol. The van der Waals surface area contributed by atoms with E-state index in [0.29, 0.717) is 18.3 Å². The van der Waals surface area contributed by atoms with Crippen LogP contribution in [0.15, 0.2) is 0 Å². The fourth-order valence-corrected chi connectivity index (χ4v) is 3.55. The summed E-state index contributed by atoms with van der Waals surface area (Å²) in [7, 11) is -0.386. The van der Waals surface area contributed by atoms with Gasteiger partial charge >= 0.3 is 0 Å². The van der Waals surface area contributed by atoms with E-state index >= 15 is 0 Å². The molecule has 0 unspecified atom stereocenters. The lowest BCUT2D eigenvalue weighted by Crippen LogP contribution is -2.44. The van der Waals surface area contributed by atoms with Gasteiger partial charge in [0.25, 0.3) is 10.2 Å². The van der Waals surface area contributed by atoms with Crippen LogP contribution in [0.5, 0.6) is 0 Å². The van der Waals surface area contributed by atoms with Crippen molar-refractivity contribution >= 4 is 10.2 Å². The molecule has 0 radical (unpaired) electrons. The molecular weight excluding hydrogens is 294 g/mol. The number of rotatable bonds is 6. The molecule has 1 aromatic rings. The summed E-state index contributed by atoms with van der Waals surface area (Å²) < 4.78 is 35.5. The van der Waals surface area contributed by atoms with Gasteiger partial charge in [0.1, 0.15) is 12.4 Å². The summed E-state index contributed by atoms with van der Waals surface area (Å²) in [4.78, 5) is 4.39. The number of methoxy groups -OCH3 is 1. The van der Waals surface area contributed by atoms with Gasteiger partial charge in [0.05, 0.1) is 6.04 Å². The van der Waals surface area contributed by atoms with Crippen molar-refractivity contribution in [3.8, 4) is 0 Å². The molecule has 1 aromatic heterocycles. The number of fused-ring (bicyclic) bond motifs is 1. The molecular formula is C12H23N5O3S. The number of aryl methyl sites for hydroxylation is 1. The molecule has 1 N–H and O–H groups in total. The predicted molar refractivity (Wildman–Crippen MR) is 77.7 cm³/mol. The predicted octanol–water partition coefficient (Wildman–Crippen LogP) is 0.434. The largest absolute Gasteiger partial charge is 0.377 e. The van der Waals surface area contributed by atoms with Gasteiger partial charge in [-0.25, -0.2) is 9.67 Å². The number of ether oxygens (including phenoxy) is 1. The van der Waals surface area contributed by atoms with E-state index in [1.54, 1.807) is 18.8 Å². The quantitative estimate of drug-likeness (QED) is 0.822. The Morgan fingerprint density at radius 2 is 2.24 bits per heavy atom. The van der Waals surface area contributed by atoms with Crippen molar-refractivity contribution in [2.45, 2.75) is 51.9 Å². The highest BCUT2D eigenvalue weighted by Gasteiger charge is 2.30. The molecule has 2 rings (SSSR count). The van der Waals surface area contributed by atoms with Crippen LogP contribution in [0.2, 0.25) is 0 Å². The van der Waals surface area contributed by atoms with Gasteiger partial charge in [-0.3, -0.25) is 0 Å². The molecule has 0 aromatic carbocycles. The monoisotopic (exact) mass is 317 g/mol. The minimum absolute atomic E-state index is 0.104. The van der Waals surface area contributed by atoms with Crippen LogP contribution in [0.1, 0.15) is 44.4 Å². The Balaban J connectivity index is 2.20. The third-order valence-electron chi connectivity index (χ3n) is 3.59. The maximum atomic E-state index is 12.3. The van der Waals surface area contributed by atoms with Crippen LogP contribution in [-0.4, -0.2) is 47.7 Å². The lowest BCUT2D eigenvalue weighted by atomic mass is 10.1. The minimum atomic E-state index is -3.53. The molecule has 120 valence electrons. The molecule has 0 aliphatic carbocycles. The van der Waals surface area contributed by atoms with Gasteiger partial charge in [-0.15, -0.1) is 0 Å². The molecule has 2 heterocycles. The molecule has 0 amide bonds. The molecule has 0 saturated heterocycles. The number of hydrogen-bond acceptors (Lipinski definition) is 5. The van der Waals surface area contributed by atoms with Crippen molar-refractivity contribution < 1.29 is 13.2 Å². The second kappa shape index (κ2) is 6.39. The van der Waals surface area contributed by atoms with Crippen LogP contribution in [-0.2, 0) is 28.1 Å². The van der Waals surface area contributed by atoms with E-state index in [9.17, 15) is 8.42 Å². The van der Waals surface area contributed by atoms with Crippen LogP contribution in [0.4, 0.5) is 0 Å². The Kier molecular flexibility index (Phi) is 4.97. The number of hydrogen-bond donors (Lipinski definition) is 1. The van der Waals surface area contributed by atoms with Gasteiger partial charge < -0.3 is 4.74 Å². The van der Waals surface area contributed by atoms with E-state index in [1.807, 2.05) is 13.8 Å². The maximum Gasteiger partial charge on any atom is 0.280 e. The van der Waals surface area contributed by atoms with Crippen LogP contribution in [0, 0.1) is 0 Å². The topological polar surface area (TPSA) is 89.3 Å². The standard InChI is InChI=1S/C12H23N5O3S/c1-9(2)16(3)21(18,19)15-10-6-5-7-17-12(10)13-11(14-17)8-20-4/h9-10,15H,5-8H2,1-4H3/t10-/m1/s1. The summed E-state index contributed by atoms with van der Waals surface area (Å²) in [5.74, 6) is 1.24. The Morgan fingerprint density at radius 3 is 2.86 bits per heavy atom. The number of nitrogens with zero attached hydrogens (tertiary/aromatic N) is 4. The average Bonchev–Trinajstić information content (AvgIpc) is 2.81. The molecule has 1 atom stereocenters. The van der Waals surface area contributed by atoms with Crippen molar-refractivity contribution in [3.05, 3.63) is 11.6 Å². The van der Waals surface area contributed by atoms with E-state index in [1.165, 1.54) is 4.31 Å². The van der Waals surface area contributed by atoms with Crippen molar-refractivity contribution in [1.29, 1.82) is 0 Å². The van der Waals surface area contributed by atoms with Gasteiger partial charge in [-0.2, -0.15) is 22.5 Å². The first-order chi connectivity index (χ1) is 9.85. The van der Waals surface area contributed by atoms with E-state index in [2.05, 4.69) is 14.8 Å². The molecule has 0 fully saturated rings. The first-order valence-electron chi connectivity index (χ1n) is 7.03. The molecule has 8 nitrogen and oxygen atoms in total. The van der Waals surface area contributed by atoms with Gasteiger partial charge in [0.15, 0.2) is 5.82 Å². The van der Waals surface area contributed by atoms with E-state index in [4.69, 9.17) is 4.74 Å².